The number of halogens is 1. The molecule has 0 N–H and O–H groups in total. The molecule has 2 aromatic rings. The standard InChI is InChI=1S/C9H7BrN4O/c1-14-9(10)7(4-13-14)8(15)6-2-11-5-12-3-6/h2-5H,1H3. The van der Waals surface area contributed by atoms with Crippen LogP contribution in [0, 0.1) is 0 Å². The van der Waals surface area contributed by atoms with Crippen LogP contribution in [0.2, 0.25) is 0 Å². The maximum atomic E-state index is 11.9. The number of aryl methyl sites for hydroxylation is 1. The SMILES string of the molecule is Cn1ncc(C(=O)c2cncnc2)c1Br. The van der Waals surface area contributed by atoms with E-state index < -0.39 is 0 Å². The van der Waals surface area contributed by atoms with Crippen molar-refractivity contribution in [1.82, 2.24) is 19.7 Å². The summed E-state index contributed by atoms with van der Waals surface area (Å²) in [5, 5.41) is 3.97. The molecule has 0 amide bonds. The minimum Gasteiger partial charge on any atom is -0.288 e. The van der Waals surface area contributed by atoms with Gasteiger partial charge in [-0.1, -0.05) is 0 Å². The van der Waals surface area contributed by atoms with Crippen LogP contribution in [-0.2, 0) is 7.05 Å². The van der Waals surface area contributed by atoms with Crippen LogP contribution in [0.4, 0.5) is 0 Å². The van der Waals surface area contributed by atoms with E-state index in [2.05, 4.69) is 31.0 Å². The molecule has 0 fully saturated rings. The van der Waals surface area contributed by atoms with Gasteiger partial charge in [-0.3, -0.25) is 9.48 Å². The van der Waals surface area contributed by atoms with Gasteiger partial charge in [0, 0.05) is 19.4 Å². The van der Waals surface area contributed by atoms with E-state index >= 15 is 0 Å². The second-order valence-corrected chi connectivity index (χ2v) is 3.68. The number of hydrogen-bond donors (Lipinski definition) is 0. The Bertz CT molecular complexity index is 494. The maximum Gasteiger partial charge on any atom is 0.200 e. The van der Waals surface area contributed by atoms with Crippen LogP contribution in [0.1, 0.15) is 15.9 Å². The van der Waals surface area contributed by atoms with Crippen molar-refractivity contribution in [3.05, 3.63) is 40.6 Å². The molecule has 0 saturated carbocycles. The van der Waals surface area contributed by atoms with Gasteiger partial charge in [-0.05, 0) is 15.9 Å². The summed E-state index contributed by atoms with van der Waals surface area (Å²) in [7, 11) is 1.75. The topological polar surface area (TPSA) is 60.7 Å². The molecule has 0 aliphatic heterocycles. The highest BCUT2D eigenvalue weighted by atomic mass is 79.9. The third kappa shape index (κ3) is 1.80. The lowest BCUT2D eigenvalue weighted by atomic mass is 10.1. The predicted octanol–water partition coefficient (Wildman–Crippen LogP) is 1.20. The van der Waals surface area contributed by atoms with Gasteiger partial charge < -0.3 is 0 Å². The van der Waals surface area contributed by atoms with E-state index in [1.807, 2.05) is 0 Å². The fourth-order valence-electron chi connectivity index (χ4n) is 1.15. The molecule has 0 radical (unpaired) electrons. The van der Waals surface area contributed by atoms with Crippen molar-refractivity contribution < 1.29 is 4.79 Å². The van der Waals surface area contributed by atoms with Gasteiger partial charge in [0.05, 0.1) is 17.3 Å². The second-order valence-electron chi connectivity index (χ2n) is 2.93. The number of hydrogen-bond acceptors (Lipinski definition) is 4. The molecule has 2 heterocycles. The third-order valence-corrected chi connectivity index (χ3v) is 2.87. The lowest BCUT2D eigenvalue weighted by molar-refractivity contribution is 0.103. The quantitative estimate of drug-likeness (QED) is 0.767. The van der Waals surface area contributed by atoms with Crippen LogP contribution < -0.4 is 0 Å². The Balaban J connectivity index is 2.42. The molecule has 0 bridgehead atoms. The Morgan fingerprint density at radius 2 is 2.00 bits per heavy atom. The first-order valence-electron chi connectivity index (χ1n) is 4.17. The molecule has 6 heteroatoms. The Kier molecular flexibility index (Phi) is 2.59. The van der Waals surface area contributed by atoms with Gasteiger partial charge in [0.1, 0.15) is 10.9 Å². The first-order chi connectivity index (χ1) is 7.20. The van der Waals surface area contributed by atoms with E-state index in [1.165, 1.54) is 24.9 Å². The highest BCUT2D eigenvalue weighted by molar-refractivity contribution is 9.10. The monoisotopic (exact) mass is 266 g/mol. The predicted molar refractivity (Wildman–Crippen MR) is 56.4 cm³/mol. The summed E-state index contributed by atoms with van der Waals surface area (Å²) in [6.07, 6.45) is 5.86. The molecular formula is C9H7BrN4O. The maximum absolute atomic E-state index is 11.9. The summed E-state index contributed by atoms with van der Waals surface area (Å²) in [6.45, 7) is 0. The molecule has 2 aromatic heterocycles. The molecule has 0 saturated heterocycles. The summed E-state index contributed by atoms with van der Waals surface area (Å²) >= 11 is 3.29. The molecule has 2 rings (SSSR count). The molecule has 76 valence electrons. The normalized spacial score (nSPS) is 10.3. The van der Waals surface area contributed by atoms with Crippen LogP contribution in [0.5, 0.6) is 0 Å². The van der Waals surface area contributed by atoms with Crippen LogP contribution in [0.15, 0.2) is 29.5 Å². The minimum atomic E-state index is -0.143. The van der Waals surface area contributed by atoms with Gasteiger partial charge in [-0.2, -0.15) is 5.10 Å². The fraction of sp³-hybridized carbons (Fsp3) is 0.111. The van der Waals surface area contributed by atoms with E-state index in [0.29, 0.717) is 15.7 Å². The summed E-state index contributed by atoms with van der Waals surface area (Å²) in [5.41, 5.74) is 0.957. The molecule has 0 spiro atoms. The zero-order chi connectivity index (χ0) is 10.8. The average molecular weight is 267 g/mol. The number of carbonyl (C=O) groups is 1. The number of nitrogens with zero attached hydrogens (tertiary/aromatic N) is 4. The van der Waals surface area contributed by atoms with Crippen molar-refractivity contribution in [2.24, 2.45) is 7.05 Å². The Labute approximate surface area is 94.3 Å². The van der Waals surface area contributed by atoms with E-state index in [4.69, 9.17) is 0 Å². The molecule has 5 nitrogen and oxygen atoms in total. The Morgan fingerprint density at radius 1 is 1.33 bits per heavy atom. The van der Waals surface area contributed by atoms with Crippen molar-refractivity contribution in [2.75, 3.05) is 0 Å². The van der Waals surface area contributed by atoms with Crippen LogP contribution in [0.3, 0.4) is 0 Å². The number of rotatable bonds is 2. The third-order valence-electron chi connectivity index (χ3n) is 1.93. The first kappa shape index (κ1) is 9.97. The van der Waals surface area contributed by atoms with Crippen LogP contribution >= 0.6 is 15.9 Å². The van der Waals surface area contributed by atoms with Gasteiger partial charge in [0.15, 0.2) is 5.78 Å². The van der Waals surface area contributed by atoms with E-state index in [9.17, 15) is 4.79 Å². The first-order valence-corrected chi connectivity index (χ1v) is 4.96. The number of aromatic nitrogens is 4. The van der Waals surface area contributed by atoms with Gasteiger partial charge in [-0.15, -0.1) is 0 Å². The lowest BCUT2D eigenvalue weighted by Crippen LogP contribution is -2.02. The van der Waals surface area contributed by atoms with Gasteiger partial charge in [0.2, 0.25) is 0 Å². The Hall–Kier alpha value is -1.56. The highest BCUT2D eigenvalue weighted by Gasteiger charge is 2.16. The summed E-state index contributed by atoms with van der Waals surface area (Å²) in [5.74, 6) is -0.143. The Morgan fingerprint density at radius 3 is 2.53 bits per heavy atom. The molecule has 0 aliphatic rings. The van der Waals surface area contributed by atoms with Gasteiger partial charge in [-0.25, -0.2) is 9.97 Å². The molecule has 0 unspecified atom stereocenters. The molecule has 0 aliphatic carbocycles. The van der Waals surface area contributed by atoms with Gasteiger partial charge >= 0.3 is 0 Å². The molecule has 15 heavy (non-hydrogen) atoms. The second kappa shape index (κ2) is 3.90. The van der Waals surface area contributed by atoms with Crippen LogP contribution in [0.25, 0.3) is 0 Å². The van der Waals surface area contributed by atoms with Crippen molar-refractivity contribution in [3.8, 4) is 0 Å². The zero-order valence-electron chi connectivity index (χ0n) is 7.88. The summed E-state index contributed by atoms with van der Waals surface area (Å²) < 4.78 is 2.23. The van der Waals surface area contributed by atoms with E-state index in [1.54, 1.807) is 11.7 Å². The average Bonchev–Trinajstić information content (AvgIpc) is 2.60. The van der Waals surface area contributed by atoms with E-state index in [0.717, 1.165) is 0 Å². The molecule has 0 atom stereocenters. The van der Waals surface area contributed by atoms with E-state index in [-0.39, 0.29) is 5.78 Å². The minimum absolute atomic E-state index is 0.143. The number of carbonyl (C=O) groups excluding carboxylic acids is 1. The lowest BCUT2D eigenvalue weighted by Gasteiger charge is -1.97. The molecule has 0 aromatic carbocycles. The number of ketones is 1. The fourth-order valence-corrected chi connectivity index (χ4v) is 1.52. The van der Waals surface area contributed by atoms with Gasteiger partial charge in [0.25, 0.3) is 0 Å². The van der Waals surface area contributed by atoms with Crippen molar-refractivity contribution >= 4 is 21.7 Å². The zero-order valence-corrected chi connectivity index (χ0v) is 9.47. The summed E-state index contributed by atoms with van der Waals surface area (Å²) in [6, 6.07) is 0. The van der Waals surface area contributed by atoms with Crippen molar-refractivity contribution in [3.63, 3.8) is 0 Å². The molecular weight excluding hydrogens is 260 g/mol. The van der Waals surface area contributed by atoms with Crippen molar-refractivity contribution in [2.45, 2.75) is 0 Å². The van der Waals surface area contributed by atoms with Crippen molar-refractivity contribution in [1.29, 1.82) is 0 Å². The smallest absolute Gasteiger partial charge is 0.200 e. The van der Waals surface area contributed by atoms with Crippen LogP contribution in [-0.4, -0.2) is 25.5 Å². The summed E-state index contributed by atoms with van der Waals surface area (Å²) in [4.78, 5) is 19.5. The largest absolute Gasteiger partial charge is 0.288 e. The highest BCUT2D eigenvalue weighted by Crippen LogP contribution is 2.18.